The van der Waals surface area contributed by atoms with Crippen LogP contribution in [0.15, 0.2) is 60.7 Å². The summed E-state index contributed by atoms with van der Waals surface area (Å²) in [4.78, 5) is 33.1. The first-order chi connectivity index (χ1) is 31.2. The molecule has 1 aliphatic carbocycles. The maximum atomic E-state index is 14.8. The van der Waals surface area contributed by atoms with Gasteiger partial charge in [0.15, 0.2) is 0 Å². The number of benzene rings is 4. The highest BCUT2D eigenvalue weighted by Gasteiger charge is 2.45. The van der Waals surface area contributed by atoms with Crippen molar-refractivity contribution in [2.45, 2.75) is 87.7 Å². The Bertz CT molecular complexity index is 2260. The Labute approximate surface area is 366 Å². The Morgan fingerprint density at radius 3 is 1.47 bits per heavy atom. The average Bonchev–Trinajstić information content (AvgIpc) is 3.30. The van der Waals surface area contributed by atoms with Crippen LogP contribution in [-0.2, 0) is 48.9 Å². The first kappa shape index (κ1) is 45.6. The minimum atomic E-state index is -1.59. The fourth-order valence-corrected chi connectivity index (χ4v) is 8.16. The number of carbonyl (C=O) groups excluding carboxylic acids is 2. The van der Waals surface area contributed by atoms with Gasteiger partial charge in [-0.3, -0.25) is 0 Å². The number of carbonyl (C=O) groups is 2. The predicted octanol–water partition coefficient (Wildman–Crippen LogP) is 5.71. The minimum absolute atomic E-state index is 0.344. The Balaban J connectivity index is 1.23. The molecule has 1 saturated carbocycles. The molecule has 2 aliphatic heterocycles. The lowest BCUT2D eigenvalue weighted by Crippen LogP contribution is -2.64. The number of hydrogen-bond acceptors (Lipinski definition) is 20. The van der Waals surface area contributed by atoms with E-state index in [2.05, 4.69) is 89.1 Å². The molecular formula is C44H46N4O16-2. The lowest BCUT2D eigenvalue weighted by Gasteiger charge is -2.62. The quantitative estimate of drug-likeness (QED) is 0.0230. The van der Waals surface area contributed by atoms with Crippen LogP contribution in [0.4, 0.5) is 32.3 Å². The van der Waals surface area contributed by atoms with Crippen LogP contribution in [-0.4, -0.2) is 72.8 Å². The number of ether oxygens (including phenoxy) is 4. The van der Waals surface area contributed by atoms with Gasteiger partial charge in [-0.2, -0.15) is 0 Å². The third-order valence-corrected chi connectivity index (χ3v) is 11.1. The van der Waals surface area contributed by atoms with Crippen LogP contribution < -0.4 is 31.5 Å². The second-order valence-corrected chi connectivity index (χ2v) is 15.3. The molecule has 0 radical (unpaired) electrons. The molecule has 0 aromatic heterocycles. The van der Waals surface area contributed by atoms with E-state index in [0.29, 0.717) is 57.9 Å². The number of nitrogens with one attached hydrogen (secondary N) is 4. The van der Waals surface area contributed by atoms with E-state index in [1.165, 1.54) is 0 Å². The summed E-state index contributed by atoms with van der Waals surface area (Å²) in [6.07, 6.45) is 4.99. The van der Waals surface area contributed by atoms with Crippen molar-refractivity contribution in [2.75, 3.05) is 47.7 Å². The Hall–Kier alpha value is -6.46. The van der Waals surface area contributed by atoms with E-state index in [9.17, 15) is 19.8 Å². The van der Waals surface area contributed by atoms with Crippen LogP contribution in [0.5, 0.6) is 0 Å². The van der Waals surface area contributed by atoms with Crippen molar-refractivity contribution in [1.29, 1.82) is 0 Å². The van der Waals surface area contributed by atoms with Gasteiger partial charge in [-0.15, -0.1) is 12.2 Å². The zero-order valence-corrected chi connectivity index (χ0v) is 34.8. The number of hydrogen-bond donors (Lipinski definition) is 6. The third-order valence-electron chi connectivity index (χ3n) is 11.1. The van der Waals surface area contributed by atoms with E-state index in [1.54, 1.807) is 24.3 Å². The summed E-state index contributed by atoms with van der Waals surface area (Å²) in [5.74, 6) is 3.79. The Morgan fingerprint density at radius 1 is 0.625 bits per heavy atom. The first-order valence-electron chi connectivity index (χ1n) is 20.6. The van der Waals surface area contributed by atoms with Crippen molar-refractivity contribution in [3.8, 4) is 24.1 Å². The monoisotopic (exact) mass is 886 g/mol. The molecule has 0 saturated heterocycles. The summed E-state index contributed by atoms with van der Waals surface area (Å²) in [6, 6.07) is 18.0. The zero-order valence-electron chi connectivity index (χ0n) is 34.8. The maximum Gasteiger partial charge on any atom is 0.542 e. The fourth-order valence-electron chi connectivity index (χ4n) is 8.16. The van der Waals surface area contributed by atoms with Crippen molar-refractivity contribution >= 4 is 56.6 Å². The fraction of sp³-hybridized carbons (Fsp3) is 0.409. The molecule has 20 nitrogen and oxygen atoms in total. The molecule has 2 heterocycles. The smallest absolute Gasteiger partial charge is 0.542 e. The van der Waals surface area contributed by atoms with Gasteiger partial charge in [-0.1, -0.05) is 88.1 Å². The number of rotatable bonds is 18. The molecule has 1 fully saturated rings. The molecule has 4 aromatic rings. The van der Waals surface area contributed by atoms with Gasteiger partial charge in [-0.05, 0) is 80.6 Å². The van der Waals surface area contributed by atoms with Gasteiger partial charge in [0.25, 0.3) is 0 Å². The molecule has 4 aromatic carbocycles. The highest BCUT2D eigenvalue weighted by molar-refractivity contribution is 6.08. The summed E-state index contributed by atoms with van der Waals surface area (Å²) in [5.41, 5.74) is -0.408. The summed E-state index contributed by atoms with van der Waals surface area (Å²) in [5, 5.41) is 76.9. The van der Waals surface area contributed by atoms with Crippen molar-refractivity contribution < 1.29 is 79.2 Å². The molecule has 0 amide bonds. The molecular weight excluding hydrogens is 840 g/mol. The molecule has 2 atom stereocenters. The second kappa shape index (κ2) is 20.8. The van der Waals surface area contributed by atoms with Gasteiger partial charge in [0.05, 0.1) is 11.4 Å². The summed E-state index contributed by atoms with van der Waals surface area (Å²) < 4.78 is 21.7. The lowest BCUT2D eigenvalue weighted by molar-refractivity contribution is -0.606. The van der Waals surface area contributed by atoms with E-state index in [1.807, 2.05) is 36.4 Å². The molecule has 7 rings (SSSR count). The van der Waals surface area contributed by atoms with Gasteiger partial charge < -0.3 is 50.4 Å². The van der Waals surface area contributed by atoms with Gasteiger partial charge in [0.1, 0.15) is 38.6 Å². The maximum absolute atomic E-state index is 14.8. The highest BCUT2D eigenvalue weighted by Crippen LogP contribution is 2.54. The molecule has 64 heavy (non-hydrogen) atoms. The number of anilines is 4. The van der Waals surface area contributed by atoms with E-state index >= 15 is 0 Å². The van der Waals surface area contributed by atoms with Crippen molar-refractivity contribution in [2.24, 2.45) is 0 Å². The van der Waals surface area contributed by atoms with Crippen LogP contribution in [0.25, 0.3) is 21.5 Å². The van der Waals surface area contributed by atoms with Crippen molar-refractivity contribution in [3.63, 3.8) is 0 Å². The lowest BCUT2D eigenvalue weighted by atomic mass is 9.62. The zero-order chi connectivity index (χ0) is 45.1. The van der Waals surface area contributed by atoms with Crippen LogP contribution in [0.2, 0.25) is 0 Å². The summed E-state index contributed by atoms with van der Waals surface area (Å²) in [7, 11) is 0. The van der Waals surface area contributed by atoms with E-state index in [4.69, 9.17) is 29.5 Å². The highest BCUT2D eigenvalue weighted by atomic mass is 17.7. The molecule has 6 N–H and O–H groups in total. The van der Waals surface area contributed by atoms with Gasteiger partial charge in [0.2, 0.25) is 11.3 Å². The average molecular weight is 887 g/mol. The van der Waals surface area contributed by atoms with Crippen LogP contribution in [0, 0.1) is 24.1 Å². The molecule has 20 heteroatoms. The molecule has 2 unspecified atom stereocenters. The predicted molar refractivity (Wildman–Crippen MR) is 222 cm³/mol. The molecule has 3 aliphatic rings. The first-order valence-corrected chi connectivity index (χ1v) is 20.6. The Morgan fingerprint density at radius 2 is 1.06 bits per heavy atom. The van der Waals surface area contributed by atoms with Crippen molar-refractivity contribution in [3.05, 3.63) is 71.8 Å². The minimum Gasteiger partial charge on any atom is -0.851 e. The largest absolute Gasteiger partial charge is 0.851 e. The SMILES string of the molecule is CCCCCOC#CC1(COC(=O)OOOO)Nc2cccc3ccc(C4C([O-])C(c5ccc6cccc7c6c5NC(C#COCCCCC)(COC(=O)OOOO)N7)C4[O-])c(c23)N1. The van der Waals surface area contributed by atoms with Crippen LogP contribution >= 0.6 is 0 Å². The summed E-state index contributed by atoms with van der Waals surface area (Å²) in [6.45, 7) is 3.76. The standard InChI is InChI=1S/C44H46N4O16/c1-3-5-7-21-55-23-19-43(25-57-41(51)59-63-61-53)45-31-13-9-11-27-15-17-29(37(47-43)33(27)31)35-39(49)36(40(35)50)30-18-16-28-12-10-14-32-34(28)38(30)48-44(46-32,20-24-56-22-8-6-4-2)26-58-42(52)60-64-62-54/h9-18,35-36,39-40,45-48,53-54H,3-8,21-22,25-26H2,1-2H3/q-2. The van der Waals surface area contributed by atoms with Crippen LogP contribution in [0.1, 0.15) is 75.3 Å². The second-order valence-electron chi connectivity index (χ2n) is 15.3. The van der Waals surface area contributed by atoms with E-state index < -0.39 is 60.9 Å². The third kappa shape index (κ3) is 9.85. The van der Waals surface area contributed by atoms with E-state index in [-0.39, 0.29) is 0 Å². The molecule has 0 bridgehead atoms. The number of unbranched alkanes of at least 4 members (excludes halogenated alkanes) is 4. The van der Waals surface area contributed by atoms with Crippen LogP contribution in [0.3, 0.4) is 0 Å². The topological polar surface area (TPSA) is 261 Å². The molecule has 340 valence electrons. The van der Waals surface area contributed by atoms with Gasteiger partial charge in [0, 0.05) is 32.2 Å². The summed E-state index contributed by atoms with van der Waals surface area (Å²) >= 11 is 0. The van der Waals surface area contributed by atoms with Crippen molar-refractivity contribution in [1.82, 2.24) is 0 Å². The van der Waals surface area contributed by atoms with E-state index in [0.717, 1.165) is 49.3 Å². The normalized spacial score (nSPS) is 22.3. The Kier molecular flexibility index (Phi) is 14.8. The molecule has 0 spiro atoms. The van der Waals surface area contributed by atoms with Gasteiger partial charge in [-0.25, -0.2) is 29.9 Å². The van der Waals surface area contributed by atoms with Gasteiger partial charge >= 0.3 is 12.3 Å².